The highest BCUT2D eigenvalue weighted by Gasteiger charge is 2.26. The van der Waals surface area contributed by atoms with Crippen LogP contribution in [0, 0.1) is 12.7 Å². The van der Waals surface area contributed by atoms with E-state index < -0.39 is 0 Å². The van der Waals surface area contributed by atoms with Gasteiger partial charge >= 0.3 is 6.09 Å². The number of carbonyl (C=O) groups excluding carboxylic acids is 2. The Labute approximate surface area is 156 Å². The highest BCUT2D eigenvalue weighted by atomic mass is 19.1. The molecule has 0 saturated carbocycles. The van der Waals surface area contributed by atoms with Crippen molar-refractivity contribution < 1.29 is 23.1 Å². The number of hydrogen-bond donors (Lipinski definition) is 0. The zero-order valence-electron chi connectivity index (χ0n) is 15.4. The van der Waals surface area contributed by atoms with Crippen molar-refractivity contribution in [1.29, 1.82) is 0 Å². The van der Waals surface area contributed by atoms with Crippen molar-refractivity contribution in [3.05, 3.63) is 41.5 Å². The molecule has 0 N–H and O–H groups in total. The second kappa shape index (κ2) is 8.20. The lowest BCUT2D eigenvalue weighted by Gasteiger charge is -2.34. The van der Waals surface area contributed by atoms with Crippen LogP contribution in [0.3, 0.4) is 0 Å². The van der Waals surface area contributed by atoms with Gasteiger partial charge in [-0.3, -0.25) is 4.79 Å². The second-order valence-electron chi connectivity index (χ2n) is 6.27. The lowest BCUT2D eigenvalue weighted by molar-refractivity contribution is -0.132. The van der Waals surface area contributed by atoms with Crippen LogP contribution in [0.15, 0.2) is 28.7 Å². The van der Waals surface area contributed by atoms with E-state index in [1.807, 2.05) is 0 Å². The van der Waals surface area contributed by atoms with E-state index in [9.17, 15) is 14.0 Å². The molecule has 2 aromatic rings. The topological polar surface area (TPSA) is 75.9 Å². The van der Waals surface area contributed by atoms with Crippen LogP contribution in [0.4, 0.5) is 9.18 Å². The van der Waals surface area contributed by atoms with E-state index in [4.69, 9.17) is 9.15 Å². The average molecular weight is 375 g/mol. The Morgan fingerprint density at radius 1 is 1.15 bits per heavy atom. The fourth-order valence-electron chi connectivity index (χ4n) is 2.92. The molecule has 1 aliphatic heterocycles. The number of amides is 2. The van der Waals surface area contributed by atoms with Crippen LogP contribution in [0.25, 0.3) is 11.5 Å². The molecule has 0 bridgehead atoms. The van der Waals surface area contributed by atoms with E-state index >= 15 is 0 Å². The number of ether oxygens (including phenoxy) is 1. The second-order valence-corrected chi connectivity index (χ2v) is 6.27. The largest absolute Gasteiger partial charge is 0.450 e. The molecule has 3 rings (SSSR count). The number of halogens is 1. The summed E-state index contributed by atoms with van der Waals surface area (Å²) in [5.41, 5.74) is 1.22. The molecule has 0 atom stereocenters. The molecule has 0 unspecified atom stereocenters. The molecule has 0 radical (unpaired) electrons. The van der Waals surface area contributed by atoms with Gasteiger partial charge < -0.3 is 19.0 Å². The van der Waals surface area contributed by atoms with Gasteiger partial charge in [0.25, 0.3) is 0 Å². The van der Waals surface area contributed by atoms with Crippen molar-refractivity contribution in [1.82, 2.24) is 14.8 Å². The van der Waals surface area contributed by atoms with E-state index in [0.717, 1.165) is 0 Å². The van der Waals surface area contributed by atoms with Gasteiger partial charge in [0.15, 0.2) is 0 Å². The lowest BCUT2D eigenvalue weighted by Crippen LogP contribution is -2.51. The van der Waals surface area contributed by atoms with Gasteiger partial charge in [-0.25, -0.2) is 14.2 Å². The normalized spacial score (nSPS) is 14.3. The maximum absolute atomic E-state index is 13.1. The van der Waals surface area contributed by atoms with Gasteiger partial charge in [-0.15, -0.1) is 0 Å². The third kappa shape index (κ3) is 4.45. The van der Waals surface area contributed by atoms with E-state index in [1.54, 1.807) is 35.8 Å². The van der Waals surface area contributed by atoms with Gasteiger partial charge in [-0.2, -0.15) is 0 Å². The third-order valence-corrected chi connectivity index (χ3v) is 4.46. The van der Waals surface area contributed by atoms with Gasteiger partial charge in [-0.1, -0.05) is 0 Å². The van der Waals surface area contributed by atoms with Gasteiger partial charge in [0, 0.05) is 31.7 Å². The molecule has 2 amide bonds. The number of carbonyl (C=O) groups is 2. The van der Waals surface area contributed by atoms with Gasteiger partial charge in [0.2, 0.25) is 11.8 Å². The van der Waals surface area contributed by atoms with Crippen molar-refractivity contribution in [2.24, 2.45) is 0 Å². The predicted octanol–water partition coefficient (Wildman–Crippen LogP) is 2.63. The molecular weight excluding hydrogens is 353 g/mol. The Morgan fingerprint density at radius 2 is 1.78 bits per heavy atom. The van der Waals surface area contributed by atoms with Gasteiger partial charge in [0.1, 0.15) is 11.6 Å². The summed E-state index contributed by atoms with van der Waals surface area (Å²) in [6, 6.07) is 5.84. The van der Waals surface area contributed by atoms with Crippen molar-refractivity contribution in [3.8, 4) is 11.5 Å². The average Bonchev–Trinajstić information content (AvgIpc) is 3.03. The van der Waals surface area contributed by atoms with E-state index in [2.05, 4.69) is 4.98 Å². The minimum atomic E-state index is -0.346. The summed E-state index contributed by atoms with van der Waals surface area (Å²) in [7, 11) is 0. The molecule has 1 aliphatic rings. The highest BCUT2D eigenvalue weighted by molar-refractivity contribution is 5.79. The Bertz CT molecular complexity index is 811. The number of benzene rings is 1. The first-order chi connectivity index (χ1) is 13.0. The zero-order chi connectivity index (χ0) is 19.4. The molecule has 2 heterocycles. The Morgan fingerprint density at radius 3 is 2.41 bits per heavy atom. The first-order valence-corrected chi connectivity index (χ1v) is 8.89. The summed E-state index contributed by atoms with van der Waals surface area (Å²) in [5, 5.41) is 0. The van der Waals surface area contributed by atoms with Crippen LogP contribution in [-0.2, 0) is 16.0 Å². The van der Waals surface area contributed by atoms with Crippen molar-refractivity contribution in [3.63, 3.8) is 0 Å². The summed E-state index contributed by atoms with van der Waals surface area (Å²) < 4.78 is 23.7. The smallest absolute Gasteiger partial charge is 0.409 e. The number of hydrogen-bond acceptors (Lipinski definition) is 5. The quantitative estimate of drug-likeness (QED) is 0.821. The number of piperazine rings is 1. The molecule has 0 spiro atoms. The Balaban J connectivity index is 1.60. The van der Waals surface area contributed by atoms with Crippen LogP contribution in [-0.4, -0.2) is 59.6 Å². The molecule has 8 heteroatoms. The first kappa shape index (κ1) is 18.9. The predicted molar refractivity (Wildman–Crippen MR) is 95.5 cm³/mol. The monoisotopic (exact) mass is 375 g/mol. The fraction of sp³-hybridized carbons (Fsp3) is 0.421. The van der Waals surface area contributed by atoms with Crippen molar-refractivity contribution in [2.75, 3.05) is 32.8 Å². The summed E-state index contributed by atoms with van der Waals surface area (Å²) in [6.45, 7) is 5.66. The van der Waals surface area contributed by atoms with E-state index in [-0.39, 0.29) is 24.2 Å². The summed E-state index contributed by atoms with van der Waals surface area (Å²) in [6.07, 6.45) is -0.225. The highest BCUT2D eigenvalue weighted by Crippen LogP contribution is 2.22. The molecule has 144 valence electrons. The molecular formula is C19H22FN3O4. The van der Waals surface area contributed by atoms with Crippen LogP contribution in [0.1, 0.15) is 18.4 Å². The third-order valence-electron chi connectivity index (χ3n) is 4.46. The number of aryl methyl sites for hydroxylation is 1. The standard InChI is InChI=1S/C19H22FN3O4/c1-3-26-19(25)23-10-8-22(9-11-23)17(24)12-16-13(2)27-18(21-16)14-4-6-15(20)7-5-14/h4-7H,3,8-12H2,1-2H3. The fourth-order valence-corrected chi connectivity index (χ4v) is 2.92. The Hall–Kier alpha value is -2.90. The maximum Gasteiger partial charge on any atom is 0.409 e. The molecule has 1 fully saturated rings. The lowest BCUT2D eigenvalue weighted by atomic mass is 10.2. The van der Waals surface area contributed by atoms with Gasteiger partial charge in [-0.05, 0) is 38.1 Å². The SMILES string of the molecule is CCOC(=O)N1CCN(C(=O)Cc2nc(-c3ccc(F)cc3)oc2C)CC1. The van der Waals surface area contributed by atoms with Crippen LogP contribution in [0.2, 0.25) is 0 Å². The van der Waals surface area contributed by atoms with Gasteiger partial charge in [0.05, 0.1) is 18.7 Å². The maximum atomic E-state index is 13.1. The molecule has 7 nitrogen and oxygen atoms in total. The minimum absolute atomic E-state index is 0.0689. The number of aromatic nitrogens is 1. The zero-order valence-corrected chi connectivity index (χ0v) is 15.4. The van der Waals surface area contributed by atoms with Crippen LogP contribution in [0.5, 0.6) is 0 Å². The van der Waals surface area contributed by atoms with E-state index in [1.165, 1.54) is 12.1 Å². The van der Waals surface area contributed by atoms with E-state index in [0.29, 0.717) is 55.7 Å². The van der Waals surface area contributed by atoms with Crippen LogP contribution >= 0.6 is 0 Å². The number of nitrogens with zero attached hydrogens (tertiary/aromatic N) is 3. The first-order valence-electron chi connectivity index (χ1n) is 8.89. The van der Waals surface area contributed by atoms with Crippen molar-refractivity contribution in [2.45, 2.75) is 20.3 Å². The van der Waals surface area contributed by atoms with Crippen molar-refractivity contribution >= 4 is 12.0 Å². The molecule has 1 saturated heterocycles. The molecule has 27 heavy (non-hydrogen) atoms. The summed E-state index contributed by atoms with van der Waals surface area (Å²) in [5.74, 6) is 0.523. The molecule has 0 aliphatic carbocycles. The summed E-state index contributed by atoms with van der Waals surface area (Å²) in [4.78, 5) is 32.0. The Kier molecular flexibility index (Phi) is 5.73. The molecule has 1 aromatic carbocycles. The minimum Gasteiger partial charge on any atom is -0.450 e. The number of rotatable bonds is 4. The molecule has 1 aromatic heterocycles. The summed E-state index contributed by atoms with van der Waals surface area (Å²) >= 11 is 0. The van der Waals surface area contributed by atoms with Crippen LogP contribution < -0.4 is 0 Å². The number of oxazole rings is 1.